The summed E-state index contributed by atoms with van der Waals surface area (Å²) in [6.45, 7) is 1.27. The van der Waals surface area contributed by atoms with Crippen molar-refractivity contribution in [3.8, 4) is 0 Å². The quantitative estimate of drug-likeness (QED) is 0.455. The molecule has 0 heterocycles. The third-order valence-electron chi connectivity index (χ3n) is 0.920. The van der Waals surface area contributed by atoms with Gasteiger partial charge in [0.05, 0.1) is 6.61 Å². The van der Waals surface area contributed by atoms with E-state index in [1.54, 1.807) is 6.92 Å². The van der Waals surface area contributed by atoms with Gasteiger partial charge in [0, 0.05) is 0 Å². The van der Waals surface area contributed by atoms with E-state index in [0.29, 0.717) is 12.7 Å². The van der Waals surface area contributed by atoms with Crippen molar-refractivity contribution in [2.75, 3.05) is 6.61 Å². The van der Waals surface area contributed by atoms with Crippen LogP contribution in [0.25, 0.3) is 0 Å². The highest BCUT2D eigenvalue weighted by atomic mass is 16.3. The van der Waals surface area contributed by atoms with Gasteiger partial charge >= 0.3 is 0 Å². The molecule has 0 aromatic heterocycles. The van der Waals surface area contributed by atoms with Gasteiger partial charge < -0.3 is 24.9 Å². The Labute approximate surface area is 70.6 Å². The van der Waals surface area contributed by atoms with E-state index in [2.05, 4.69) is 0 Å². The summed E-state index contributed by atoms with van der Waals surface area (Å²) in [5, 5.41) is 24.2. The van der Waals surface area contributed by atoms with Crippen molar-refractivity contribution in [3.63, 3.8) is 0 Å². The molecule has 0 amide bonds. The molecule has 0 spiro atoms. The van der Waals surface area contributed by atoms with Crippen molar-refractivity contribution in [1.82, 2.24) is 0 Å². The lowest BCUT2D eigenvalue weighted by atomic mass is 10.3. The molecule has 5 nitrogen and oxygen atoms in total. The topological polar surface area (TPSA) is 94.8 Å². The maximum atomic E-state index is 9.49. The summed E-state index contributed by atoms with van der Waals surface area (Å²) in [5.41, 5.74) is 0. The summed E-state index contributed by atoms with van der Waals surface area (Å²) >= 11 is 0. The van der Waals surface area contributed by atoms with Crippen molar-refractivity contribution in [3.05, 3.63) is 0 Å². The highest BCUT2D eigenvalue weighted by molar-refractivity contribution is 5.55. The summed E-state index contributed by atoms with van der Waals surface area (Å²) in [4.78, 5) is 18.8. The first-order valence-electron chi connectivity index (χ1n) is 3.49. The van der Waals surface area contributed by atoms with Crippen LogP contribution in [0, 0.1) is 0 Å². The van der Waals surface area contributed by atoms with E-state index in [1.807, 2.05) is 0 Å². The first kappa shape index (κ1) is 13.8. The van der Waals surface area contributed by atoms with Crippen LogP contribution >= 0.6 is 0 Å². The molecular formula is C7H14O5. The van der Waals surface area contributed by atoms with Crippen LogP contribution < -0.4 is 0 Å². The molecule has 0 aromatic carbocycles. The second kappa shape index (κ2) is 10.2. The van der Waals surface area contributed by atoms with E-state index in [9.17, 15) is 9.59 Å². The molecule has 12 heavy (non-hydrogen) atoms. The fourth-order valence-electron chi connectivity index (χ4n) is 0.139. The van der Waals surface area contributed by atoms with Gasteiger partial charge in [-0.2, -0.15) is 0 Å². The largest absolute Gasteiger partial charge is 0.393 e. The van der Waals surface area contributed by atoms with Gasteiger partial charge in [-0.25, -0.2) is 0 Å². The highest BCUT2D eigenvalue weighted by Gasteiger charge is 1.92. The average molecular weight is 178 g/mol. The Morgan fingerprint density at radius 3 is 1.58 bits per heavy atom. The van der Waals surface area contributed by atoms with Crippen LogP contribution in [0.4, 0.5) is 0 Å². The van der Waals surface area contributed by atoms with Crippen LogP contribution in [0.2, 0.25) is 0 Å². The number of carbonyl (C=O) groups is 2. The lowest BCUT2D eigenvalue weighted by Gasteiger charge is -1.89. The summed E-state index contributed by atoms with van der Waals surface area (Å²) < 4.78 is 0. The fraction of sp³-hybridized carbons (Fsp3) is 0.714. The van der Waals surface area contributed by atoms with E-state index in [4.69, 9.17) is 15.3 Å². The summed E-state index contributed by atoms with van der Waals surface area (Å²) in [6, 6.07) is 0. The first-order valence-corrected chi connectivity index (χ1v) is 3.49. The molecule has 2 unspecified atom stereocenters. The number of aliphatic hydroxyl groups excluding tert-OH is 3. The van der Waals surface area contributed by atoms with Crippen LogP contribution in [0.1, 0.15) is 13.3 Å². The predicted octanol–water partition coefficient (Wildman–Crippen LogP) is -1.51. The third kappa shape index (κ3) is 12.0. The van der Waals surface area contributed by atoms with Crippen LogP contribution in [0.5, 0.6) is 0 Å². The van der Waals surface area contributed by atoms with E-state index < -0.39 is 18.8 Å². The van der Waals surface area contributed by atoms with Gasteiger partial charge in [0.25, 0.3) is 0 Å². The smallest absolute Gasteiger partial charge is 0.150 e. The maximum absolute atomic E-state index is 9.49. The van der Waals surface area contributed by atoms with Gasteiger partial charge in [-0.3, -0.25) is 0 Å². The number of aldehydes is 2. The lowest BCUT2D eigenvalue weighted by Crippen LogP contribution is -2.12. The number of carbonyl (C=O) groups excluding carboxylic acids is 2. The molecule has 0 bridgehead atoms. The van der Waals surface area contributed by atoms with Crippen molar-refractivity contribution >= 4 is 12.6 Å². The van der Waals surface area contributed by atoms with Gasteiger partial charge in [-0.05, 0) is 6.42 Å². The Morgan fingerprint density at radius 1 is 1.17 bits per heavy atom. The van der Waals surface area contributed by atoms with Gasteiger partial charge in [0.2, 0.25) is 0 Å². The standard InChI is InChI=1S/C4H8O2.C3H6O3/c1-2-4(6)3-5;4-1-3(6)2-5/h3-4,6H,2H2,1H3;1,3,5-6H,2H2. The van der Waals surface area contributed by atoms with Crippen molar-refractivity contribution in [2.45, 2.75) is 25.6 Å². The molecule has 3 N–H and O–H groups in total. The third-order valence-corrected chi connectivity index (χ3v) is 0.920. The molecule has 72 valence electrons. The zero-order valence-electron chi connectivity index (χ0n) is 6.88. The number of aliphatic hydroxyl groups is 3. The summed E-state index contributed by atoms with van der Waals surface area (Å²) in [5.74, 6) is 0. The number of hydrogen-bond donors (Lipinski definition) is 3. The summed E-state index contributed by atoms with van der Waals surface area (Å²) in [7, 11) is 0. The SMILES string of the molecule is CCC(O)C=O.O=CC(O)CO. The minimum atomic E-state index is -1.19. The predicted molar refractivity (Wildman–Crippen MR) is 41.5 cm³/mol. The van der Waals surface area contributed by atoms with Crippen LogP contribution in [0.3, 0.4) is 0 Å². The number of hydrogen-bond acceptors (Lipinski definition) is 5. The minimum absolute atomic E-state index is 0.278. The molecular weight excluding hydrogens is 164 g/mol. The van der Waals surface area contributed by atoms with Gasteiger partial charge in [-0.15, -0.1) is 0 Å². The Hall–Kier alpha value is -0.780. The van der Waals surface area contributed by atoms with E-state index in [-0.39, 0.29) is 6.29 Å². The molecule has 0 aliphatic carbocycles. The lowest BCUT2D eigenvalue weighted by molar-refractivity contribution is -0.116. The Morgan fingerprint density at radius 2 is 1.58 bits per heavy atom. The molecule has 0 aromatic rings. The summed E-state index contributed by atoms with van der Waals surface area (Å²) in [6.07, 6.45) is -0.612. The van der Waals surface area contributed by atoms with Crippen LogP contribution in [0.15, 0.2) is 0 Å². The Balaban J connectivity index is 0. The van der Waals surface area contributed by atoms with Crippen LogP contribution in [-0.2, 0) is 9.59 Å². The maximum Gasteiger partial charge on any atom is 0.150 e. The molecule has 0 radical (unpaired) electrons. The first-order chi connectivity index (χ1) is 5.62. The second-order valence-corrected chi connectivity index (χ2v) is 2.00. The van der Waals surface area contributed by atoms with Gasteiger partial charge in [0.1, 0.15) is 18.5 Å². The molecule has 0 aliphatic rings. The molecule has 0 saturated carbocycles. The molecule has 0 fully saturated rings. The Bertz CT molecular complexity index is 100. The van der Waals surface area contributed by atoms with Crippen molar-refractivity contribution in [2.24, 2.45) is 0 Å². The number of rotatable bonds is 4. The van der Waals surface area contributed by atoms with Crippen molar-refractivity contribution in [1.29, 1.82) is 0 Å². The molecule has 0 aliphatic heterocycles. The Kier molecular flexibility index (Phi) is 11.7. The zero-order valence-corrected chi connectivity index (χ0v) is 6.88. The normalized spacial score (nSPS) is 13.7. The highest BCUT2D eigenvalue weighted by Crippen LogP contribution is 1.79. The second-order valence-electron chi connectivity index (χ2n) is 2.00. The monoisotopic (exact) mass is 178 g/mol. The zero-order chi connectivity index (χ0) is 9.98. The molecule has 2 atom stereocenters. The average Bonchev–Trinajstić information content (AvgIpc) is 2.16. The van der Waals surface area contributed by atoms with E-state index in [0.717, 1.165) is 0 Å². The van der Waals surface area contributed by atoms with Gasteiger partial charge in [-0.1, -0.05) is 6.92 Å². The van der Waals surface area contributed by atoms with Gasteiger partial charge in [0.15, 0.2) is 6.29 Å². The molecule has 0 saturated heterocycles. The minimum Gasteiger partial charge on any atom is -0.393 e. The fourth-order valence-corrected chi connectivity index (χ4v) is 0.139. The van der Waals surface area contributed by atoms with Crippen molar-refractivity contribution < 1.29 is 24.9 Å². The molecule has 5 heteroatoms. The molecule has 0 rings (SSSR count). The van der Waals surface area contributed by atoms with E-state index >= 15 is 0 Å². The van der Waals surface area contributed by atoms with Crippen LogP contribution in [-0.4, -0.2) is 46.7 Å². The van der Waals surface area contributed by atoms with E-state index in [1.165, 1.54) is 0 Å².